The Hall–Kier alpha value is -2.17. The number of hydrogen-bond donors (Lipinski definition) is 1. The number of hydrogen-bond acceptors (Lipinski definition) is 3. The molecular formula is C17H20N2O3. The van der Waals surface area contributed by atoms with Crippen LogP contribution >= 0.6 is 0 Å². The quantitative estimate of drug-likeness (QED) is 0.522. The van der Waals surface area contributed by atoms with Gasteiger partial charge in [0.2, 0.25) is 5.91 Å². The van der Waals surface area contributed by atoms with Gasteiger partial charge in [-0.3, -0.25) is 14.9 Å². The predicted octanol–water partition coefficient (Wildman–Crippen LogP) is 3.92. The van der Waals surface area contributed by atoms with E-state index < -0.39 is 10.3 Å². The summed E-state index contributed by atoms with van der Waals surface area (Å²) in [6.07, 6.45) is 2.59. The summed E-state index contributed by atoms with van der Waals surface area (Å²) in [5.74, 6) is 0.316. The van der Waals surface area contributed by atoms with Gasteiger partial charge >= 0.3 is 0 Å². The van der Waals surface area contributed by atoms with E-state index in [-0.39, 0.29) is 22.7 Å². The van der Waals surface area contributed by atoms with Gasteiger partial charge in [0.1, 0.15) is 5.69 Å². The molecular weight excluding hydrogens is 280 g/mol. The molecule has 1 aromatic carbocycles. The van der Waals surface area contributed by atoms with E-state index >= 15 is 0 Å². The van der Waals surface area contributed by atoms with E-state index in [4.69, 9.17) is 0 Å². The molecule has 0 saturated heterocycles. The van der Waals surface area contributed by atoms with Crippen LogP contribution in [0.25, 0.3) is 0 Å². The number of nitro benzene ring substituents is 1. The predicted molar refractivity (Wildman–Crippen MR) is 84.4 cm³/mol. The molecule has 0 radical (unpaired) electrons. The number of carbonyl (C=O) groups excluding carboxylic acids is 1. The Labute approximate surface area is 129 Å². The van der Waals surface area contributed by atoms with E-state index in [9.17, 15) is 14.9 Å². The number of anilines is 1. The summed E-state index contributed by atoms with van der Waals surface area (Å²) >= 11 is 0. The molecule has 0 aromatic heterocycles. The Kier molecular flexibility index (Phi) is 3.13. The van der Waals surface area contributed by atoms with Crippen molar-refractivity contribution < 1.29 is 9.72 Å². The molecule has 116 valence electrons. The van der Waals surface area contributed by atoms with Crippen molar-refractivity contribution in [2.75, 3.05) is 5.32 Å². The minimum absolute atomic E-state index is 0.0434. The maximum Gasteiger partial charge on any atom is 0.292 e. The minimum atomic E-state index is -0.572. The number of para-hydroxylation sites is 2. The fourth-order valence-electron chi connectivity index (χ4n) is 4.12. The molecule has 2 bridgehead atoms. The number of nitrogens with one attached hydrogen (secondary N) is 1. The van der Waals surface area contributed by atoms with Crippen LogP contribution in [0.4, 0.5) is 11.4 Å². The summed E-state index contributed by atoms with van der Waals surface area (Å²) in [6, 6.07) is 6.25. The first-order valence-electron chi connectivity index (χ1n) is 7.54. The second-order valence-electron chi connectivity index (χ2n) is 6.95. The molecule has 5 heteroatoms. The van der Waals surface area contributed by atoms with Crippen LogP contribution in [0.3, 0.4) is 0 Å². The monoisotopic (exact) mass is 300 g/mol. The van der Waals surface area contributed by atoms with Gasteiger partial charge in [0, 0.05) is 6.07 Å². The molecule has 1 aromatic rings. The average Bonchev–Trinajstić information content (AvgIpc) is 2.99. The van der Waals surface area contributed by atoms with Crippen molar-refractivity contribution >= 4 is 17.3 Å². The summed E-state index contributed by atoms with van der Waals surface area (Å²) in [5.41, 5.74) is 0.528. The maximum atomic E-state index is 12.9. The van der Waals surface area contributed by atoms with Crippen LogP contribution in [0.2, 0.25) is 0 Å². The Morgan fingerprint density at radius 2 is 2.09 bits per heavy atom. The Morgan fingerprint density at radius 3 is 2.68 bits per heavy atom. The summed E-state index contributed by atoms with van der Waals surface area (Å²) in [5, 5.41) is 13.9. The zero-order chi connectivity index (χ0) is 16.1. The Balaban J connectivity index is 1.91. The highest BCUT2D eigenvalue weighted by atomic mass is 16.6. The van der Waals surface area contributed by atoms with Gasteiger partial charge in [0.15, 0.2) is 0 Å². The molecule has 3 rings (SSSR count). The van der Waals surface area contributed by atoms with E-state index in [0.717, 1.165) is 24.8 Å². The van der Waals surface area contributed by atoms with E-state index in [1.807, 2.05) is 0 Å². The van der Waals surface area contributed by atoms with Crippen LogP contribution in [0, 0.1) is 26.9 Å². The van der Waals surface area contributed by atoms with E-state index in [2.05, 4.69) is 25.7 Å². The first-order chi connectivity index (χ1) is 10.3. The third-order valence-corrected chi connectivity index (χ3v) is 5.67. The SMILES string of the molecule is C=C1C(C)(C)[C@@H]2CC[C@@]1(C(=O)Nc1ccccc1[N+](=O)[O-])C2. The number of rotatable bonds is 3. The lowest BCUT2D eigenvalue weighted by Gasteiger charge is -2.37. The topological polar surface area (TPSA) is 72.2 Å². The summed E-state index contributed by atoms with van der Waals surface area (Å²) in [4.78, 5) is 23.5. The lowest BCUT2D eigenvalue weighted by Crippen LogP contribution is -2.37. The summed E-state index contributed by atoms with van der Waals surface area (Å²) in [6.45, 7) is 8.46. The van der Waals surface area contributed by atoms with Crippen LogP contribution in [0.1, 0.15) is 33.1 Å². The lowest BCUT2D eigenvalue weighted by molar-refractivity contribution is -0.383. The zero-order valence-corrected chi connectivity index (χ0v) is 12.9. The molecule has 0 heterocycles. The fourth-order valence-corrected chi connectivity index (χ4v) is 4.12. The van der Waals surface area contributed by atoms with Crippen molar-refractivity contribution in [1.82, 2.24) is 0 Å². The van der Waals surface area contributed by atoms with Crippen LogP contribution < -0.4 is 5.32 Å². The highest BCUT2D eigenvalue weighted by molar-refractivity contribution is 6.00. The Bertz CT molecular complexity index is 680. The molecule has 2 aliphatic carbocycles. The van der Waals surface area contributed by atoms with Crippen molar-refractivity contribution in [3.63, 3.8) is 0 Å². The Morgan fingerprint density at radius 1 is 1.41 bits per heavy atom. The molecule has 0 spiro atoms. The summed E-state index contributed by atoms with van der Waals surface area (Å²) in [7, 11) is 0. The molecule has 0 aliphatic heterocycles. The molecule has 1 amide bonds. The number of amides is 1. The van der Waals surface area contributed by atoms with Gasteiger partial charge in [0.05, 0.1) is 10.3 Å². The molecule has 0 unspecified atom stereocenters. The van der Waals surface area contributed by atoms with Crippen molar-refractivity contribution in [3.05, 3.63) is 46.5 Å². The third-order valence-electron chi connectivity index (χ3n) is 5.67. The number of fused-ring (bicyclic) bond motifs is 2. The van der Waals surface area contributed by atoms with Gasteiger partial charge in [-0.05, 0) is 36.7 Å². The van der Waals surface area contributed by atoms with Crippen LogP contribution in [-0.2, 0) is 4.79 Å². The highest BCUT2D eigenvalue weighted by Gasteiger charge is 2.60. The van der Waals surface area contributed by atoms with E-state index in [0.29, 0.717) is 5.92 Å². The van der Waals surface area contributed by atoms with Crippen molar-refractivity contribution in [1.29, 1.82) is 0 Å². The molecule has 2 atom stereocenters. The fraction of sp³-hybridized carbons (Fsp3) is 0.471. The van der Waals surface area contributed by atoms with E-state index in [1.165, 1.54) is 6.07 Å². The number of benzene rings is 1. The second-order valence-corrected chi connectivity index (χ2v) is 6.95. The highest BCUT2D eigenvalue weighted by Crippen LogP contribution is 2.65. The van der Waals surface area contributed by atoms with Crippen LogP contribution in [0.15, 0.2) is 36.4 Å². The molecule has 22 heavy (non-hydrogen) atoms. The largest absolute Gasteiger partial charge is 0.320 e. The van der Waals surface area contributed by atoms with Gasteiger partial charge in [-0.25, -0.2) is 0 Å². The first-order valence-corrected chi connectivity index (χ1v) is 7.54. The second kappa shape index (κ2) is 4.66. The zero-order valence-electron chi connectivity index (χ0n) is 12.9. The van der Waals surface area contributed by atoms with Gasteiger partial charge < -0.3 is 5.32 Å². The smallest absolute Gasteiger partial charge is 0.292 e. The van der Waals surface area contributed by atoms with Gasteiger partial charge in [-0.1, -0.05) is 38.1 Å². The lowest BCUT2D eigenvalue weighted by atomic mass is 9.68. The molecule has 2 fully saturated rings. The van der Waals surface area contributed by atoms with Crippen molar-refractivity contribution in [2.45, 2.75) is 33.1 Å². The average molecular weight is 300 g/mol. The number of nitrogens with zero attached hydrogens (tertiary/aromatic N) is 1. The molecule has 5 nitrogen and oxygen atoms in total. The normalized spacial score (nSPS) is 28.6. The minimum Gasteiger partial charge on any atom is -0.320 e. The standard InChI is InChI=1S/C17H20N2O3/c1-11-16(2,3)12-8-9-17(11,10-12)15(20)18-13-6-4-5-7-14(13)19(21)22/h4-7,12H,1,8-10H2,2-3H3,(H,18,20)/t12-,17-/m1/s1. The first kappa shape index (κ1) is 14.8. The van der Waals surface area contributed by atoms with Gasteiger partial charge in [0.25, 0.3) is 5.69 Å². The molecule has 2 aliphatic rings. The van der Waals surface area contributed by atoms with Crippen molar-refractivity contribution in [3.8, 4) is 0 Å². The summed E-state index contributed by atoms with van der Waals surface area (Å²) < 4.78 is 0. The molecule has 2 saturated carbocycles. The number of carbonyl (C=O) groups is 1. The maximum absolute atomic E-state index is 12.9. The number of nitro groups is 1. The van der Waals surface area contributed by atoms with Crippen LogP contribution in [-0.4, -0.2) is 10.8 Å². The van der Waals surface area contributed by atoms with Gasteiger partial charge in [-0.2, -0.15) is 0 Å². The van der Waals surface area contributed by atoms with Crippen molar-refractivity contribution in [2.24, 2.45) is 16.7 Å². The third kappa shape index (κ3) is 1.88. The van der Waals surface area contributed by atoms with E-state index in [1.54, 1.807) is 18.2 Å². The van der Waals surface area contributed by atoms with Gasteiger partial charge in [-0.15, -0.1) is 0 Å². The molecule has 1 N–H and O–H groups in total. The van der Waals surface area contributed by atoms with Crippen LogP contribution in [0.5, 0.6) is 0 Å².